The lowest BCUT2D eigenvalue weighted by Crippen LogP contribution is -2.35. The fraction of sp³-hybridized carbons (Fsp3) is 0.368. The average molecular weight is 361 g/mol. The van der Waals surface area contributed by atoms with Gasteiger partial charge in [0.05, 0.1) is 24.7 Å². The minimum atomic E-state index is -3.61. The maximum absolute atomic E-state index is 12.9. The molecule has 0 atom stereocenters. The predicted molar refractivity (Wildman–Crippen MR) is 96.7 cm³/mol. The highest BCUT2D eigenvalue weighted by molar-refractivity contribution is 7.89. The summed E-state index contributed by atoms with van der Waals surface area (Å²) in [5, 5.41) is 0. The quantitative estimate of drug-likeness (QED) is 0.857. The first-order valence-corrected chi connectivity index (χ1v) is 9.63. The van der Waals surface area contributed by atoms with Crippen molar-refractivity contribution in [3.63, 3.8) is 0 Å². The first-order valence-electron chi connectivity index (χ1n) is 8.15. The predicted octanol–water partition coefficient (Wildman–Crippen LogP) is 3.29. The first kappa shape index (κ1) is 17.8. The van der Waals surface area contributed by atoms with E-state index in [0.29, 0.717) is 16.4 Å². The third-order valence-electron chi connectivity index (χ3n) is 4.64. The van der Waals surface area contributed by atoms with Crippen molar-refractivity contribution in [2.24, 2.45) is 0 Å². The van der Waals surface area contributed by atoms with Gasteiger partial charge in [-0.1, -0.05) is 23.8 Å². The number of rotatable bonds is 6. The van der Waals surface area contributed by atoms with E-state index in [0.717, 1.165) is 29.5 Å². The van der Waals surface area contributed by atoms with Gasteiger partial charge in [0.25, 0.3) is 0 Å². The van der Waals surface area contributed by atoms with Gasteiger partial charge in [0, 0.05) is 0 Å². The van der Waals surface area contributed by atoms with Gasteiger partial charge in [-0.05, 0) is 56.0 Å². The standard InChI is InChI=1S/C19H23NO4S/c1-13-5-8-18(14(2)11-13)25(21,22)20-19(9-10-19)15-6-7-16(23-3)17(12-15)24-4/h5-8,11-12,20H,9-10H2,1-4H3. The van der Waals surface area contributed by atoms with Crippen LogP contribution in [0.1, 0.15) is 29.5 Å². The van der Waals surface area contributed by atoms with Crippen LogP contribution in [0.4, 0.5) is 0 Å². The summed E-state index contributed by atoms with van der Waals surface area (Å²) in [4.78, 5) is 0.324. The zero-order chi connectivity index (χ0) is 18.2. The largest absolute Gasteiger partial charge is 0.493 e. The second kappa shape index (κ2) is 6.35. The Morgan fingerprint density at radius 2 is 1.64 bits per heavy atom. The molecule has 0 heterocycles. The topological polar surface area (TPSA) is 64.6 Å². The molecule has 2 aromatic carbocycles. The summed E-state index contributed by atoms with van der Waals surface area (Å²) >= 11 is 0. The molecule has 1 fully saturated rings. The lowest BCUT2D eigenvalue weighted by atomic mass is 10.1. The molecule has 5 nitrogen and oxygen atoms in total. The van der Waals surface area contributed by atoms with E-state index in [1.807, 2.05) is 38.1 Å². The van der Waals surface area contributed by atoms with Crippen LogP contribution in [0.3, 0.4) is 0 Å². The van der Waals surface area contributed by atoms with Crippen molar-refractivity contribution in [2.75, 3.05) is 14.2 Å². The van der Waals surface area contributed by atoms with E-state index in [2.05, 4.69) is 4.72 Å². The number of ether oxygens (including phenoxy) is 2. The lowest BCUT2D eigenvalue weighted by molar-refractivity contribution is 0.354. The van der Waals surface area contributed by atoms with Gasteiger partial charge in [0.15, 0.2) is 11.5 Å². The molecule has 0 spiro atoms. The molecule has 134 valence electrons. The SMILES string of the molecule is COc1ccc(C2(NS(=O)(=O)c3ccc(C)cc3C)CC2)cc1OC. The van der Waals surface area contributed by atoms with Crippen molar-refractivity contribution in [2.45, 2.75) is 37.1 Å². The lowest BCUT2D eigenvalue weighted by Gasteiger charge is -2.20. The second-order valence-corrected chi connectivity index (χ2v) is 8.18. The minimum Gasteiger partial charge on any atom is -0.493 e. The van der Waals surface area contributed by atoms with Crippen LogP contribution in [-0.2, 0) is 15.6 Å². The van der Waals surface area contributed by atoms with Crippen molar-refractivity contribution in [1.82, 2.24) is 4.72 Å². The molecule has 0 bridgehead atoms. The molecule has 1 saturated carbocycles. The molecule has 1 N–H and O–H groups in total. The normalized spacial score (nSPS) is 15.7. The van der Waals surface area contributed by atoms with E-state index in [1.54, 1.807) is 26.4 Å². The van der Waals surface area contributed by atoms with Crippen LogP contribution in [0.5, 0.6) is 11.5 Å². The van der Waals surface area contributed by atoms with Gasteiger partial charge < -0.3 is 9.47 Å². The Balaban J connectivity index is 1.94. The molecular formula is C19H23NO4S. The zero-order valence-corrected chi connectivity index (χ0v) is 15.7. The Morgan fingerprint density at radius 3 is 2.20 bits per heavy atom. The van der Waals surface area contributed by atoms with E-state index < -0.39 is 15.6 Å². The summed E-state index contributed by atoms with van der Waals surface area (Å²) < 4.78 is 39.3. The van der Waals surface area contributed by atoms with Gasteiger partial charge in [-0.3, -0.25) is 0 Å². The first-order chi connectivity index (χ1) is 11.8. The third-order valence-corrected chi connectivity index (χ3v) is 6.33. The molecule has 1 aliphatic carbocycles. The molecule has 0 radical (unpaired) electrons. The van der Waals surface area contributed by atoms with E-state index in [-0.39, 0.29) is 0 Å². The fourth-order valence-corrected chi connectivity index (χ4v) is 4.80. The van der Waals surface area contributed by atoms with E-state index in [4.69, 9.17) is 9.47 Å². The minimum absolute atomic E-state index is 0.324. The van der Waals surface area contributed by atoms with E-state index in [1.165, 1.54) is 0 Å². The van der Waals surface area contributed by atoms with Crippen molar-refractivity contribution in [3.05, 3.63) is 53.1 Å². The highest BCUT2D eigenvalue weighted by Crippen LogP contribution is 2.48. The van der Waals surface area contributed by atoms with Crippen molar-refractivity contribution < 1.29 is 17.9 Å². The van der Waals surface area contributed by atoms with Crippen molar-refractivity contribution >= 4 is 10.0 Å². The molecule has 0 amide bonds. The molecule has 0 unspecified atom stereocenters. The molecule has 0 saturated heterocycles. The Bertz CT molecular complexity index is 902. The maximum Gasteiger partial charge on any atom is 0.241 e. The number of sulfonamides is 1. The van der Waals surface area contributed by atoms with Crippen LogP contribution in [0.25, 0.3) is 0 Å². The van der Waals surface area contributed by atoms with Crippen LogP contribution >= 0.6 is 0 Å². The van der Waals surface area contributed by atoms with Crippen molar-refractivity contribution in [1.29, 1.82) is 0 Å². The zero-order valence-electron chi connectivity index (χ0n) is 14.9. The number of hydrogen-bond donors (Lipinski definition) is 1. The highest BCUT2D eigenvalue weighted by Gasteiger charge is 2.48. The second-order valence-electron chi connectivity index (χ2n) is 6.53. The summed E-state index contributed by atoms with van der Waals surface area (Å²) in [6.07, 6.45) is 1.51. The summed E-state index contributed by atoms with van der Waals surface area (Å²) in [5.41, 5.74) is 2.10. The molecule has 25 heavy (non-hydrogen) atoms. The summed E-state index contributed by atoms with van der Waals surface area (Å²) in [6, 6.07) is 10.9. The van der Waals surface area contributed by atoms with Gasteiger partial charge in [0.2, 0.25) is 10.0 Å². The molecular weight excluding hydrogens is 338 g/mol. The number of methoxy groups -OCH3 is 2. The van der Waals surface area contributed by atoms with Gasteiger partial charge in [-0.15, -0.1) is 0 Å². The molecule has 6 heteroatoms. The number of aryl methyl sites for hydroxylation is 2. The molecule has 0 aromatic heterocycles. The summed E-state index contributed by atoms with van der Waals surface area (Å²) in [5.74, 6) is 1.22. The van der Waals surface area contributed by atoms with Crippen LogP contribution in [0.2, 0.25) is 0 Å². The van der Waals surface area contributed by atoms with Crippen LogP contribution < -0.4 is 14.2 Å². The monoisotopic (exact) mass is 361 g/mol. The number of benzene rings is 2. The highest BCUT2D eigenvalue weighted by atomic mass is 32.2. The smallest absolute Gasteiger partial charge is 0.241 e. The Kier molecular flexibility index (Phi) is 4.51. The summed E-state index contributed by atoms with van der Waals surface area (Å²) in [7, 11) is -0.461. The van der Waals surface area contributed by atoms with Crippen LogP contribution in [0.15, 0.2) is 41.3 Å². The van der Waals surface area contributed by atoms with Crippen molar-refractivity contribution in [3.8, 4) is 11.5 Å². The fourth-order valence-electron chi connectivity index (χ4n) is 3.12. The molecule has 1 aliphatic rings. The van der Waals surface area contributed by atoms with Gasteiger partial charge in [-0.25, -0.2) is 13.1 Å². The molecule has 0 aliphatic heterocycles. The Morgan fingerprint density at radius 1 is 0.960 bits per heavy atom. The summed E-state index contributed by atoms with van der Waals surface area (Å²) in [6.45, 7) is 3.76. The van der Waals surface area contributed by atoms with Gasteiger partial charge in [-0.2, -0.15) is 0 Å². The van der Waals surface area contributed by atoms with Crippen LogP contribution in [0, 0.1) is 13.8 Å². The molecule has 2 aromatic rings. The number of nitrogens with one attached hydrogen (secondary N) is 1. The maximum atomic E-state index is 12.9. The average Bonchev–Trinajstić information content (AvgIpc) is 3.33. The Hall–Kier alpha value is -2.05. The number of hydrogen-bond acceptors (Lipinski definition) is 4. The van der Waals surface area contributed by atoms with E-state index >= 15 is 0 Å². The van der Waals surface area contributed by atoms with Gasteiger partial charge >= 0.3 is 0 Å². The van der Waals surface area contributed by atoms with Crippen LogP contribution in [-0.4, -0.2) is 22.6 Å². The molecule has 3 rings (SSSR count). The van der Waals surface area contributed by atoms with Gasteiger partial charge in [0.1, 0.15) is 0 Å². The Labute approximate surface area is 149 Å². The van der Waals surface area contributed by atoms with E-state index in [9.17, 15) is 8.42 Å². The third kappa shape index (κ3) is 3.37.